The number of thiol groups is 1. The molecule has 2 N–H and O–H groups in total. The lowest BCUT2D eigenvalue weighted by molar-refractivity contribution is 0.0684. The molecular weight excluding hydrogens is 320 g/mol. The summed E-state index contributed by atoms with van der Waals surface area (Å²) in [4.78, 5) is 23.7. The van der Waals surface area contributed by atoms with Gasteiger partial charge in [-0.1, -0.05) is 22.9 Å². The Balaban J connectivity index is 2.52. The first-order valence-electron chi connectivity index (χ1n) is 6.30. The Hall–Kier alpha value is -2.18. The van der Waals surface area contributed by atoms with Crippen LogP contribution < -0.4 is 0 Å². The van der Waals surface area contributed by atoms with E-state index in [-0.39, 0.29) is 11.1 Å². The lowest BCUT2D eigenvalue weighted by atomic mass is 9.96. The Bertz CT molecular complexity index is 934. The summed E-state index contributed by atoms with van der Waals surface area (Å²) < 4.78 is 0. The highest BCUT2D eigenvalue weighted by Crippen LogP contribution is 2.35. The number of fused-ring (bicyclic) bond motifs is 2. The van der Waals surface area contributed by atoms with Crippen molar-refractivity contribution in [3.63, 3.8) is 0 Å². The highest BCUT2D eigenvalue weighted by Gasteiger charge is 2.16. The summed E-state index contributed by atoms with van der Waals surface area (Å²) in [6.07, 6.45) is 0. The molecule has 22 heavy (non-hydrogen) atoms. The van der Waals surface area contributed by atoms with Gasteiger partial charge in [-0.25, -0.2) is 9.59 Å². The fourth-order valence-corrected chi connectivity index (χ4v) is 3.43. The van der Waals surface area contributed by atoms with Crippen molar-refractivity contribution in [2.24, 2.45) is 0 Å². The third-order valence-corrected chi connectivity index (χ3v) is 4.68. The molecular formula is C16H10O4S2. The predicted octanol–water partition coefficient (Wildman–Crippen LogP) is 4.33. The van der Waals surface area contributed by atoms with Crippen LogP contribution in [0.1, 0.15) is 20.7 Å². The Morgan fingerprint density at radius 2 is 1.45 bits per heavy atom. The van der Waals surface area contributed by atoms with Crippen molar-refractivity contribution in [1.82, 2.24) is 0 Å². The van der Waals surface area contributed by atoms with Gasteiger partial charge >= 0.3 is 11.9 Å². The lowest BCUT2D eigenvalue weighted by Gasteiger charge is -2.10. The van der Waals surface area contributed by atoms with Gasteiger partial charge < -0.3 is 10.2 Å². The zero-order valence-electron chi connectivity index (χ0n) is 11.1. The molecule has 0 aliphatic carbocycles. The van der Waals surface area contributed by atoms with Gasteiger partial charge in [-0.15, -0.1) is 11.7 Å². The Morgan fingerprint density at radius 3 is 2.00 bits per heavy atom. The second-order valence-electron chi connectivity index (χ2n) is 4.74. The molecule has 0 amide bonds. The van der Waals surface area contributed by atoms with Gasteiger partial charge in [0.1, 0.15) is 0 Å². The Kier molecular flexibility index (Phi) is 3.72. The Labute approximate surface area is 134 Å². The highest BCUT2D eigenvalue weighted by molar-refractivity contribution is 8.68. The fraction of sp³-hybridized carbons (Fsp3) is 0. The quantitative estimate of drug-likeness (QED) is 0.379. The third-order valence-electron chi connectivity index (χ3n) is 3.53. The zero-order chi connectivity index (χ0) is 15.9. The molecule has 6 heteroatoms. The second kappa shape index (κ2) is 5.55. The molecule has 0 atom stereocenters. The molecule has 3 aromatic rings. The summed E-state index contributed by atoms with van der Waals surface area (Å²) >= 11 is 4.21. The van der Waals surface area contributed by atoms with E-state index in [2.05, 4.69) is 11.7 Å². The van der Waals surface area contributed by atoms with Crippen LogP contribution in [-0.2, 0) is 0 Å². The van der Waals surface area contributed by atoms with E-state index in [1.807, 2.05) is 18.2 Å². The third kappa shape index (κ3) is 2.30. The molecule has 0 aromatic heterocycles. The number of carbonyl (C=O) groups is 2. The van der Waals surface area contributed by atoms with Crippen LogP contribution in [0.25, 0.3) is 21.5 Å². The minimum Gasteiger partial charge on any atom is -0.478 e. The van der Waals surface area contributed by atoms with Gasteiger partial charge in [0, 0.05) is 4.90 Å². The molecule has 3 rings (SSSR count). The van der Waals surface area contributed by atoms with Crippen molar-refractivity contribution < 1.29 is 19.8 Å². The first-order valence-corrected chi connectivity index (χ1v) is 8.17. The van der Waals surface area contributed by atoms with Crippen LogP contribution in [-0.4, -0.2) is 22.2 Å². The van der Waals surface area contributed by atoms with Crippen LogP contribution in [0, 0.1) is 0 Å². The van der Waals surface area contributed by atoms with Crippen LogP contribution in [0.2, 0.25) is 0 Å². The van der Waals surface area contributed by atoms with E-state index in [0.717, 1.165) is 15.7 Å². The van der Waals surface area contributed by atoms with Crippen molar-refractivity contribution in [3.05, 3.63) is 53.6 Å². The minimum absolute atomic E-state index is 0.0841. The number of carboxylic acid groups (broad SMARTS) is 2. The molecule has 0 spiro atoms. The van der Waals surface area contributed by atoms with Gasteiger partial charge in [0.25, 0.3) is 0 Å². The molecule has 0 unspecified atom stereocenters. The first kappa shape index (κ1) is 14.7. The molecule has 0 aliphatic rings. The van der Waals surface area contributed by atoms with E-state index in [9.17, 15) is 19.8 Å². The van der Waals surface area contributed by atoms with Crippen molar-refractivity contribution in [3.8, 4) is 0 Å². The molecule has 0 bridgehead atoms. The van der Waals surface area contributed by atoms with Crippen LogP contribution in [0.15, 0.2) is 47.4 Å². The largest absolute Gasteiger partial charge is 0.478 e. The summed E-state index contributed by atoms with van der Waals surface area (Å²) in [5.41, 5.74) is 0.173. The maximum Gasteiger partial charge on any atom is 0.336 e. The van der Waals surface area contributed by atoms with Crippen LogP contribution in [0.3, 0.4) is 0 Å². The van der Waals surface area contributed by atoms with Gasteiger partial charge in [-0.3, -0.25) is 0 Å². The standard InChI is InChI=1S/C16H10O4S2/c17-15(18)9-4-5-10(16(19)20)13-7-11-8(6-12(9)13)2-1-3-14(11)22-21/h1-7,21H,(H,17,18)(H,19,20). The molecule has 0 saturated heterocycles. The van der Waals surface area contributed by atoms with Crippen molar-refractivity contribution in [2.75, 3.05) is 0 Å². The van der Waals surface area contributed by atoms with Gasteiger partial charge in [0.15, 0.2) is 0 Å². The lowest BCUT2D eigenvalue weighted by Crippen LogP contribution is -2.03. The number of aromatic carboxylic acids is 2. The van der Waals surface area contributed by atoms with Crippen LogP contribution in [0.4, 0.5) is 0 Å². The molecule has 0 aliphatic heterocycles. The van der Waals surface area contributed by atoms with Gasteiger partial charge in [-0.2, -0.15) is 0 Å². The fourth-order valence-electron chi connectivity index (χ4n) is 2.54. The summed E-state index contributed by atoms with van der Waals surface area (Å²) in [5.74, 6) is -2.17. The summed E-state index contributed by atoms with van der Waals surface area (Å²) in [6.45, 7) is 0. The summed E-state index contributed by atoms with van der Waals surface area (Å²) in [6, 6.07) is 11.7. The van der Waals surface area contributed by atoms with Crippen molar-refractivity contribution >= 4 is 55.9 Å². The van der Waals surface area contributed by atoms with Crippen LogP contribution >= 0.6 is 22.5 Å². The van der Waals surface area contributed by atoms with Gasteiger partial charge in [-0.05, 0) is 51.9 Å². The summed E-state index contributed by atoms with van der Waals surface area (Å²) in [5, 5.41) is 21.2. The molecule has 0 heterocycles. The van der Waals surface area contributed by atoms with Crippen LogP contribution in [0.5, 0.6) is 0 Å². The average molecular weight is 330 g/mol. The van der Waals surface area contributed by atoms with Crippen molar-refractivity contribution in [1.29, 1.82) is 0 Å². The zero-order valence-corrected chi connectivity index (χ0v) is 12.8. The molecule has 0 saturated carbocycles. The van der Waals surface area contributed by atoms with E-state index in [4.69, 9.17) is 0 Å². The molecule has 3 aromatic carbocycles. The first-order chi connectivity index (χ1) is 10.5. The minimum atomic E-state index is -1.09. The number of hydrogen-bond donors (Lipinski definition) is 3. The number of carboxylic acids is 2. The normalized spacial score (nSPS) is 11.0. The average Bonchev–Trinajstić information content (AvgIpc) is 2.50. The molecule has 0 fully saturated rings. The SMILES string of the molecule is O=C(O)c1ccc(C(=O)O)c2cc3c(SS)cccc3cc12. The van der Waals surface area contributed by atoms with E-state index in [0.29, 0.717) is 10.8 Å². The highest BCUT2D eigenvalue weighted by atomic mass is 33.1. The number of rotatable bonds is 3. The Morgan fingerprint density at radius 1 is 0.864 bits per heavy atom. The topological polar surface area (TPSA) is 74.6 Å². The van der Waals surface area contributed by atoms with E-state index in [1.165, 1.54) is 22.9 Å². The second-order valence-corrected chi connectivity index (χ2v) is 5.91. The van der Waals surface area contributed by atoms with Gasteiger partial charge in [0.05, 0.1) is 11.1 Å². The summed E-state index contributed by atoms with van der Waals surface area (Å²) in [7, 11) is 1.26. The van der Waals surface area contributed by atoms with Crippen molar-refractivity contribution in [2.45, 2.75) is 4.90 Å². The van der Waals surface area contributed by atoms with E-state index in [1.54, 1.807) is 12.1 Å². The monoisotopic (exact) mass is 330 g/mol. The predicted molar refractivity (Wildman–Crippen MR) is 90.2 cm³/mol. The maximum absolute atomic E-state index is 11.4. The molecule has 0 radical (unpaired) electrons. The smallest absolute Gasteiger partial charge is 0.336 e. The molecule has 4 nitrogen and oxygen atoms in total. The van der Waals surface area contributed by atoms with E-state index < -0.39 is 11.9 Å². The van der Waals surface area contributed by atoms with Gasteiger partial charge in [0.2, 0.25) is 0 Å². The number of hydrogen-bond acceptors (Lipinski definition) is 4. The molecule has 110 valence electrons. The maximum atomic E-state index is 11.4. The number of benzene rings is 3. The van der Waals surface area contributed by atoms with E-state index >= 15 is 0 Å².